The van der Waals surface area contributed by atoms with Crippen molar-refractivity contribution in [3.05, 3.63) is 35.3 Å². The van der Waals surface area contributed by atoms with Crippen molar-refractivity contribution in [2.24, 2.45) is 5.73 Å². The van der Waals surface area contributed by atoms with E-state index in [1.54, 1.807) is 23.1 Å². The SMILES string of the molecule is Cc1csc(Sc2ccc(NC(=O)C3(N)CCCCC3)cc2)n1. The Hall–Kier alpha value is -1.37. The summed E-state index contributed by atoms with van der Waals surface area (Å²) < 4.78 is 1.03. The number of amides is 1. The van der Waals surface area contributed by atoms with Crippen LogP contribution in [-0.2, 0) is 4.79 Å². The standard InChI is InChI=1S/C17H21N3OS2/c1-12-11-22-16(19-12)23-14-7-5-13(6-8-14)20-15(21)17(18)9-3-2-4-10-17/h5-8,11H,2-4,9-10,18H2,1H3,(H,20,21). The van der Waals surface area contributed by atoms with E-state index in [1.807, 2.05) is 36.6 Å². The Kier molecular flexibility index (Phi) is 5.04. The Bertz CT molecular complexity index is 675. The maximum atomic E-state index is 12.4. The fourth-order valence-electron chi connectivity index (χ4n) is 2.75. The summed E-state index contributed by atoms with van der Waals surface area (Å²) in [6.45, 7) is 1.99. The highest BCUT2D eigenvalue weighted by atomic mass is 32.2. The van der Waals surface area contributed by atoms with E-state index in [2.05, 4.69) is 10.3 Å². The van der Waals surface area contributed by atoms with Crippen molar-refractivity contribution in [2.45, 2.75) is 53.8 Å². The van der Waals surface area contributed by atoms with Crippen LogP contribution in [0.25, 0.3) is 0 Å². The van der Waals surface area contributed by atoms with Gasteiger partial charge < -0.3 is 11.1 Å². The van der Waals surface area contributed by atoms with Gasteiger partial charge in [-0.25, -0.2) is 4.98 Å². The number of aromatic nitrogens is 1. The van der Waals surface area contributed by atoms with Crippen molar-refractivity contribution in [1.82, 2.24) is 4.98 Å². The summed E-state index contributed by atoms with van der Waals surface area (Å²) in [5.74, 6) is -0.0619. The molecule has 3 N–H and O–H groups in total. The van der Waals surface area contributed by atoms with Crippen LogP contribution in [0.3, 0.4) is 0 Å². The van der Waals surface area contributed by atoms with Gasteiger partial charge in [0.05, 0.1) is 5.54 Å². The second kappa shape index (κ2) is 7.03. The van der Waals surface area contributed by atoms with Crippen LogP contribution < -0.4 is 11.1 Å². The van der Waals surface area contributed by atoms with Crippen LogP contribution in [-0.4, -0.2) is 16.4 Å². The van der Waals surface area contributed by atoms with Gasteiger partial charge in [-0.15, -0.1) is 11.3 Å². The van der Waals surface area contributed by atoms with E-state index in [0.717, 1.165) is 46.3 Å². The van der Waals surface area contributed by atoms with Crippen LogP contribution in [0.4, 0.5) is 5.69 Å². The van der Waals surface area contributed by atoms with Crippen molar-refractivity contribution in [3.63, 3.8) is 0 Å². The number of thiazole rings is 1. The Balaban J connectivity index is 1.62. The Morgan fingerprint density at radius 1 is 1.26 bits per heavy atom. The first-order valence-electron chi connectivity index (χ1n) is 7.86. The summed E-state index contributed by atoms with van der Waals surface area (Å²) in [5, 5.41) is 5.00. The summed E-state index contributed by atoms with van der Waals surface area (Å²) in [4.78, 5) is 18.0. The molecule has 23 heavy (non-hydrogen) atoms. The number of nitrogens with zero attached hydrogens (tertiary/aromatic N) is 1. The van der Waals surface area contributed by atoms with Crippen molar-refractivity contribution in [2.75, 3.05) is 5.32 Å². The molecule has 1 aliphatic carbocycles. The molecule has 1 saturated carbocycles. The van der Waals surface area contributed by atoms with E-state index in [0.29, 0.717) is 0 Å². The van der Waals surface area contributed by atoms with E-state index < -0.39 is 5.54 Å². The first kappa shape index (κ1) is 16.5. The van der Waals surface area contributed by atoms with Gasteiger partial charge in [0.1, 0.15) is 0 Å². The lowest BCUT2D eigenvalue weighted by Crippen LogP contribution is -2.52. The molecular formula is C17H21N3OS2. The molecule has 0 atom stereocenters. The van der Waals surface area contributed by atoms with Crippen LogP contribution in [0.5, 0.6) is 0 Å². The Morgan fingerprint density at radius 3 is 2.57 bits per heavy atom. The number of benzene rings is 1. The topological polar surface area (TPSA) is 68.0 Å². The highest BCUT2D eigenvalue weighted by Gasteiger charge is 2.35. The summed E-state index contributed by atoms with van der Waals surface area (Å²) in [7, 11) is 0. The maximum Gasteiger partial charge on any atom is 0.244 e. The normalized spacial score (nSPS) is 17.0. The van der Waals surface area contributed by atoms with Crippen LogP contribution in [0.2, 0.25) is 0 Å². The first-order valence-corrected chi connectivity index (χ1v) is 9.55. The average molecular weight is 348 g/mol. The van der Waals surface area contributed by atoms with Gasteiger partial charge in [0.15, 0.2) is 4.34 Å². The smallest absolute Gasteiger partial charge is 0.244 e. The lowest BCUT2D eigenvalue weighted by molar-refractivity contribution is -0.122. The number of hydrogen-bond acceptors (Lipinski definition) is 5. The highest BCUT2D eigenvalue weighted by Crippen LogP contribution is 2.31. The zero-order valence-corrected chi connectivity index (χ0v) is 14.8. The van der Waals surface area contributed by atoms with E-state index in [1.165, 1.54) is 6.42 Å². The molecule has 0 spiro atoms. The Labute approximate surface area is 144 Å². The fraction of sp³-hybridized carbons (Fsp3) is 0.412. The summed E-state index contributed by atoms with van der Waals surface area (Å²) >= 11 is 3.28. The van der Waals surface area contributed by atoms with Crippen LogP contribution in [0, 0.1) is 6.92 Å². The average Bonchev–Trinajstić information content (AvgIpc) is 2.95. The number of nitrogens with two attached hydrogens (primary N) is 1. The molecule has 6 heteroatoms. The fourth-order valence-corrected chi connectivity index (χ4v) is 4.56. The zero-order chi connectivity index (χ0) is 16.3. The Morgan fingerprint density at radius 2 is 1.96 bits per heavy atom. The predicted octanol–water partition coefficient (Wildman–Crippen LogP) is 4.20. The molecule has 1 aromatic heterocycles. The molecule has 1 amide bonds. The van der Waals surface area contributed by atoms with Crippen molar-refractivity contribution < 1.29 is 4.79 Å². The number of aryl methyl sites for hydroxylation is 1. The third kappa shape index (κ3) is 4.13. The monoisotopic (exact) mass is 347 g/mol. The molecule has 1 heterocycles. The minimum Gasteiger partial charge on any atom is -0.324 e. The first-order chi connectivity index (χ1) is 11.0. The lowest BCUT2D eigenvalue weighted by Gasteiger charge is -2.31. The van der Waals surface area contributed by atoms with Gasteiger partial charge in [0.2, 0.25) is 5.91 Å². The number of rotatable bonds is 4. The molecule has 1 aromatic carbocycles. The zero-order valence-electron chi connectivity index (χ0n) is 13.2. The molecule has 0 radical (unpaired) electrons. The second-order valence-electron chi connectivity index (χ2n) is 6.05. The quantitative estimate of drug-likeness (QED) is 0.869. The molecular weight excluding hydrogens is 326 g/mol. The van der Waals surface area contributed by atoms with E-state index in [4.69, 9.17) is 5.73 Å². The van der Waals surface area contributed by atoms with Gasteiger partial charge in [0.25, 0.3) is 0 Å². The van der Waals surface area contributed by atoms with Gasteiger partial charge in [-0.3, -0.25) is 4.79 Å². The van der Waals surface area contributed by atoms with Crippen molar-refractivity contribution in [3.8, 4) is 0 Å². The van der Waals surface area contributed by atoms with Gasteiger partial charge in [-0.05, 0) is 44.0 Å². The maximum absolute atomic E-state index is 12.4. The molecule has 0 aliphatic heterocycles. The molecule has 0 saturated heterocycles. The number of anilines is 1. The lowest BCUT2D eigenvalue weighted by atomic mass is 9.82. The van der Waals surface area contributed by atoms with E-state index >= 15 is 0 Å². The third-order valence-electron chi connectivity index (χ3n) is 4.11. The molecule has 3 rings (SSSR count). The van der Waals surface area contributed by atoms with E-state index in [9.17, 15) is 4.79 Å². The van der Waals surface area contributed by atoms with Gasteiger partial charge in [0, 0.05) is 21.7 Å². The van der Waals surface area contributed by atoms with Crippen molar-refractivity contribution >= 4 is 34.7 Å². The van der Waals surface area contributed by atoms with Gasteiger partial charge in [-0.2, -0.15) is 0 Å². The molecule has 2 aromatic rings. The predicted molar refractivity (Wildman–Crippen MR) is 96.0 cm³/mol. The minimum atomic E-state index is -0.704. The third-order valence-corrected chi connectivity index (χ3v) is 6.18. The van der Waals surface area contributed by atoms with Gasteiger partial charge in [-0.1, -0.05) is 31.0 Å². The van der Waals surface area contributed by atoms with Gasteiger partial charge >= 0.3 is 0 Å². The molecule has 122 valence electrons. The molecule has 4 nitrogen and oxygen atoms in total. The van der Waals surface area contributed by atoms with Crippen LogP contribution >= 0.6 is 23.1 Å². The van der Waals surface area contributed by atoms with Crippen LogP contribution in [0.15, 0.2) is 38.9 Å². The highest BCUT2D eigenvalue weighted by molar-refractivity contribution is 8.01. The number of carbonyl (C=O) groups excluding carboxylic acids is 1. The largest absolute Gasteiger partial charge is 0.324 e. The molecule has 0 unspecified atom stereocenters. The summed E-state index contributed by atoms with van der Waals surface area (Å²) in [6.07, 6.45) is 4.79. The summed E-state index contributed by atoms with van der Waals surface area (Å²) in [5.41, 5.74) is 7.40. The summed E-state index contributed by atoms with van der Waals surface area (Å²) in [6, 6.07) is 7.85. The van der Waals surface area contributed by atoms with Crippen molar-refractivity contribution in [1.29, 1.82) is 0 Å². The number of nitrogens with one attached hydrogen (secondary N) is 1. The van der Waals surface area contributed by atoms with E-state index in [-0.39, 0.29) is 5.91 Å². The number of carbonyl (C=O) groups is 1. The minimum absolute atomic E-state index is 0.0619. The molecule has 0 bridgehead atoms. The second-order valence-corrected chi connectivity index (χ2v) is 8.23. The molecule has 1 fully saturated rings. The van der Waals surface area contributed by atoms with Crippen LogP contribution in [0.1, 0.15) is 37.8 Å². The number of hydrogen-bond donors (Lipinski definition) is 2. The molecule has 1 aliphatic rings.